The van der Waals surface area contributed by atoms with Crippen molar-refractivity contribution < 1.29 is 4.74 Å². The first kappa shape index (κ1) is 15.4. The summed E-state index contributed by atoms with van der Waals surface area (Å²) >= 11 is 3.59. The first-order valence-electron chi connectivity index (χ1n) is 6.32. The van der Waals surface area contributed by atoms with E-state index in [2.05, 4.69) is 52.0 Å². The van der Waals surface area contributed by atoms with Gasteiger partial charge in [0.2, 0.25) is 0 Å². The van der Waals surface area contributed by atoms with Crippen LogP contribution in [0.4, 0.5) is 5.82 Å². The number of hydrogen-bond donors (Lipinski definition) is 1. The van der Waals surface area contributed by atoms with Crippen molar-refractivity contribution in [3.8, 4) is 0 Å². The van der Waals surface area contributed by atoms with Gasteiger partial charge in [-0.05, 0) is 42.1 Å². The summed E-state index contributed by atoms with van der Waals surface area (Å²) in [5, 5.41) is 3.26. The lowest BCUT2D eigenvalue weighted by Gasteiger charge is -2.16. The Morgan fingerprint density at radius 2 is 1.94 bits per heavy atom. The van der Waals surface area contributed by atoms with Gasteiger partial charge in [-0.2, -0.15) is 0 Å². The number of methoxy groups -OCH3 is 1. The molecule has 1 aromatic heterocycles. The maximum Gasteiger partial charge on any atom is 0.159 e. The Hall–Kier alpha value is -0.680. The molecule has 0 amide bonds. The topological polar surface area (TPSA) is 47.0 Å². The van der Waals surface area contributed by atoms with Crippen LogP contribution in [0.15, 0.2) is 4.47 Å². The maximum atomic E-state index is 5.30. The van der Waals surface area contributed by atoms with Gasteiger partial charge in [-0.3, -0.25) is 0 Å². The molecular formula is C13H22BrN3O. The van der Waals surface area contributed by atoms with Gasteiger partial charge in [-0.1, -0.05) is 13.8 Å². The Morgan fingerprint density at radius 1 is 1.28 bits per heavy atom. The molecule has 18 heavy (non-hydrogen) atoms. The second-order valence-corrected chi connectivity index (χ2v) is 5.49. The summed E-state index contributed by atoms with van der Waals surface area (Å²) in [4.78, 5) is 9.11. The van der Waals surface area contributed by atoms with Gasteiger partial charge in [-0.25, -0.2) is 9.97 Å². The van der Waals surface area contributed by atoms with E-state index in [1.54, 1.807) is 7.11 Å². The van der Waals surface area contributed by atoms with Gasteiger partial charge >= 0.3 is 0 Å². The van der Waals surface area contributed by atoms with E-state index in [9.17, 15) is 0 Å². The van der Waals surface area contributed by atoms with Crippen LogP contribution >= 0.6 is 15.9 Å². The van der Waals surface area contributed by atoms with Crippen LogP contribution in [0.5, 0.6) is 0 Å². The molecule has 0 saturated heterocycles. The van der Waals surface area contributed by atoms with Crippen LogP contribution in [-0.4, -0.2) is 23.6 Å². The molecule has 1 unspecified atom stereocenters. The lowest BCUT2D eigenvalue weighted by Crippen LogP contribution is -2.12. The van der Waals surface area contributed by atoms with Crippen LogP contribution in [0, 0.1) is 5.92 Å². The van der Waals surface area contributed by atoms with Crippen LogP contribution in [0.2, 0.25) is 0 Å². The average molecular weight is 316 g/mol. The van der Waals surface area contributed by atoms with Crippen molar-refractivity contribution in [1.29, 1.82) is 0 Å². The van der Waals surface area contributed by atoms with Crippen LogP contribution in [0.1, 0.15) is 45.3 Å². The normalized spacial score (nSPS) is 12.8. The number of nitrogens with zero attached hydrogens (tertiary/aromatic N) is 2. The summed E-state index contributed by atoms with van der Waals surface area (Å²) < 4.78 is 6.26. The molecule has 1 aromatic rings. The minimum Gasteiger partial charge on any atom is -0.374 e. The van der Waals surface area contributed by atoms with E-state index in [1.807, 2.05) is 6.92 Å². The standard InChI is InChI=1S/C13H22BrN3O/c1-6-15-13-11(14)10(7-8(2)3)16-12(17-13)9(4)18-5/h8-9H,6-7H2,1-5H3,(H,15,16,17). The molecule has 1 N–H and O–H groups in total. The molecule has 1 heterocycles. The summed E-state index contributed by atoms with van der Waals surface area (Å²) in [5.41, 5.74) is 1.04. The average Bonchev–Trinajstić information content (AvgIpc) is 2.32. The molecule has 0 radical (unpaired) electrons. The number of hydrogen-bond acceptors (Lipinski definition) is 4. The summed E-state index contributed by atoms with van der Waals surface area (Å²) in [6, 6.07) is 0. The van der Waals surface area contributed by atoms with E-state index in [0.717, 1.165) is 34.8 Å². The largest absolute Gasteiger partial charge is 0.374 e. The van der Waals surface area contributed by atoms with E-state index >= 15 is 0 Å². The molecule has 1 rings (SSSR count). The molecule has 1 atom stereocenters. The van der Waals surface area contributed by atoms with E-state index in [4.69, 9.17) is 4.74 Å². The highest BCUT2D eigenvalue weighted by Gasteiger charge is 2.16. The lowest BCUT2D eigenvalue weighted by atomic mass is 10.1. The van der Waals surface area contributed by atoms with Gasteiger partial charge in [0, 0.05) is 13.7 Å². The van der Waals surface area contributed by atoms with E-state index in [0.29, 0.717) is 5.92 Å². The molecule has 0 aliphatic rings. The van der Waals surface area contributed by atoms with Gasteiger partial charge in [0.25, 0.3) is 0 Å². The number of rotatable bonds is 6. The minimum absolute atomic E-state index is 0.0959. The Balaban J connectivity index is 3.18. The number of anilines is 1. The second-order valence-electron chi connectivity index (χ2n) is 4.70. The molecule has 0 bridgehead atoms. The second kappa shape index (κ2) is 7.04. The Labute approximate surface area is 118 Å². The van der Waals surface area contributed by atoms with Crippen molar-refractivity contribution in [3.63, 3.8) is 0 Å². The zero-order valence-corrected chi connectivity index (χ0v) is 13.3. The van der Waals surface area contributed by atoms with Crippen molar-refractivity contribution in [2.45, 2.75) is 40.2 Å². The predicted octanol–water partition coefficient (Wildman–Crippen LogP) is 3.58. The summed E-state index contributed by atoms with van der Waals surface area (Å²) in [6.45, 7) is 9.20. The highest BCUT2D eigenvalue weighted by Crippen LogP contribution is 2.27. The molecule has 102 valence electrons. The fourth-order valence-electron chi connectivity index (χ4n) is 1.61. The summed E-state index contributed by atoms with van der Waals surface area (Å²) in [5.74, 6) is 2.13. The van der Waals surface area contributed by atoms with Crippen LogP contribution in [0.3, 0.4) is 0 Å². The first-order chi connectivity index (χ1) is 8.49. The molecule has 0 aliphatic heterocycles. The SMILES string of the molecule is CCNc1nc(C(C)OC)nc(CC(C)C)c1Br. The molecule has 4 nitrogen and oxygen atoms in total. The molecule has 0 saturated carbocycles. The molecule has 5 heteroatoms. The van der Waals surface area contributed by atoms with Crippen molar-refractivity contribution in [2.75, 3.05) is 19.0 Å². The number of ether oxygens (including phenoxy) is 1. The fraction of sp³-hybridized carbons (Fsp3) is 0.692. The van der Waals surface area contributed by atoms with Crippen molar-refractivity contribution in [1.82, 2.24) is 9.97 Å². The van der Waals surface area contributed by atoms with E-state index in [1.165, 1.54) is 0 Å². The lowest BCUT2D eigenvalue weighted by molar-refractivity contribution is 0.112. The van der Waals surface area contributed by atoms with Crippen molar-refractivity contribution >= 4 is 21.7 Å². The quantitative estimate of drug-likeness (QED) is 0.871. The highest BCUT2D eigenvalue weighted by molar-refractivity contribution is 9.10. The van der Waals surface area contributed by atoms with Crippen molar-refractivity contribution in [3.05, 3.63) is 16.0 Å². The highest BCUT2D eigenvalue weighted by atomic mass is 79.9. The first-order valence-corrected chi connectivity index (χ1v) is 7.11. The number of halogens is 1. The smallest absolute Gasteiger partial charge is 0.159 e. The summed E-state index contributed by atoms with van der Waals surface area (Å²) in [7, 11) is 1.67. The minimum atomic E-state index is -0.0959. The molecular weight excluding hydrogens is 294 g/mol. The van der Waals surface area contributed by atoms with Gasteiger partial charge < -0.3 is 10.1 Å². The zero-order chi connectivity index (χ0) is 13.7. The zero-order valence-electron chi connectivity index (χ0n) is 11.7. The maximum absolute atomic E-state index is 5.30. The van der Waals surface area contributed by atoms with Gasteiger partial charge in [-0.15, -0.1) is 0 Å². The van der Waals surface area contributed by atoms with E-state index < -0.39 is 0 Å². The third kappa shape index (κ3) is 3.92. The van der Waals surface area contributed by atoms with Crippen LogP contribution < -0.4 is 5.32 Å². The van der Waals surface area contributed by atoms with Crippen molar-refractivity contribution in [2.24, 2.45) is 5.92 Å². The Kier molecular flexibility index (Phi) is 6.02. The van der Waals surface area contributed by atoms with Crippen LogP contribution in [0.25, 0.3) is 0 Å². The van der Waals surface area contributed by atoms with Gasteiger partial charge in [0.05, 0.1) is 10.2 Å². The molecule has 0 fully saturated rings. The summed E-state index contributed by atoms with van der Waals surface area (Å²) in [6.07, 6.45) is 0.826. The molecule has 0 aromatic carbocycles. The van der Waals surface area contributed by atoms with E-state index in [-0.39, 0.29) is 6.10 Å². The third-order valence-corrected chi connectivity index (χ3v) is 3.43. The monoisotopic (exact) mass is 315 g/mol. The van der Waals surface area contributed by atoms with Gasteiger partial charge in [0.15, 0.2) is 5.82 Å². The molecule has 0 spiro atoms. The molecule has 0 aliphatic carbocycles. The van der Waals surface area contributed by atoms with Crippen LogP contribution in [-0.2, 0) is 11.2 Å². The third-order valence-electron chi connectivity index (χ3n) is 2.60. The predicted molar refractivity (Wildman–Crippen MR) is 77.9 cm³/mol. The number of nitrogens with one attached hydrogen (secondary N) is 1. The van der Waals surface area contributed by atoms with Gasteiger partial charge in [0.1, 0.15) is 11.9 Å². The Morgan fingerprint density at radius 3 is 2.44 bits per heavy atom. The number of aromatic nitrogens is 2. The Bertz CT molecular complexity index is 396. The fourth-order valence-corrected chi connectivity index (χ4v) is 2.09.